The molecular weight excluding hydrogens is 432 g/mol. The van der Waals surface area contributed by atoms with Gasteiger partial charge in [-0.3, -0.25) is 9.69 Å². The van der Waals surface area contributed by atoms with E-state index in [2.05, 4.69) is 4.90 Å². The maximum atomic E-state index is 13.3. The number of carbonyl (C=O) groups excluding carboxylic acids is 1. The first-order valence-electron chi connectivity index (χ1n) is 10.5. The molecule has 1 amide bonds. The third kappa shape index (κ3) is 6.06. The third-order valence-electron chi connectivity index (χ3n) is 5.80. The van der Waals surface area contributed by atoms with Crippen molar-refractivity contribution in [2.75, 3.05) is 48.0 Å². The molecule has 0 bridgehead atoms. The number of benzene rings is 2. The summed E-state index contributed by atoms with van der Waals surface area (Å²) < 4.78 is 16.2. The minimum Gasteiger partial charge on any atom is -0.493 e. The highest BCUT2D eigenvalue weighted by molar-refractivity contribution is 5.85. The molecule has 1 saturated heterocycles. The first-order valence-corrected chi connectivity index (χ1v) is 10.5. The number of hydrogen-bond acceptors (Lipinski definition) is 6. The minimum atomic E-state index is -0.295. The van der Waals surface area contributed by atoms with Gasteiger partial charge in [0.1, 0.15) is 0 Å². The molecule has 0 radical (unpaired) electrons. The molecule has 1 aliphatic rings. The first-order chi connectivity index (χ1) is 15.0. The molecule has 1 N–H and O–H groups in total. The van der Waals surface area contributed by atoms with Crippen LogP contribution in [0, 0.1) is 0 Å². The Labute approximate surface area is 196 Å². The SMILES string of the molecule is COc1cc(CC(=O)N(C)[C@H](CN2CC[C@H](O)C2)c2ccccc2)cc(OC)c1OC.Cl. The Morgan fingerprint density at radius 3 is 2.25 bits per heavy atom. The van der Waals surface area contributed by atoms with Crippen molar-refractivity contribution in [2.45, 2.75) is 25.0 Å². The molecule has 2 atom stereocenters. The number of aliphatic hydroxyl groups excluding tert-OH is 1. The van der Waals surface area contributed by atoms with Crippen molar-refractivity contribution in [1.29, 1.82) is 0 Å². The van der Waals surface area contributed by atoms with E-state index in [1.165, 1.54) is 0 Å². The van der Waals surface area contributed by atoms with Gasteiger partial charge in [0.2, 0.25) is 11.7 Å². The van der Waals surface area contributed by atoms with Crippen LogP contribution in [-0.4, -0.2) is 74.9 Å². The minimum absolute atomic E-state index is 0. The zero-order valence-corrected chi connectivity index (χ0v) is 19.9. The molecular formula is C24H33ClN2O5. The number of ether oxygens (including phenoxy) is 3. The monoisotopic (exact) mass is 464 g/mol. The lowest BCUT2D eigenvalue weighted by Crippen LogP contribution is -2.39. The Bertz CT molecular complexity index is 855. The zero-order valence-electron chi connectivity index (χ0n) is 19.1. The molecule has 0 aromatic heterocycles. The molecule has 176 valence electrons. The summed E-state index contributed by atoms with van der Waals surface area (Å²) in [7, 11) is 6.51. The number of nitrogens with zero attached hydrogens (tertiary/aromatic N) is 2. The number of carbonyl (C=O) groups is 1. The molecule has 1 fully saturated rings. The predicted octanol–water partition coefficient (Wildman–Crippen LogP) is 2.94. The Morgan fingerprint density at radius 1 is 1.12 bits per heavy atom. The standard InChI is InChI=1S/C24H32N2O5.ClH/c1-25(20(18-8-6-5-7-9-18)16-26-11-10-19(27)15-26)23(28)14-17-12-21(29-2)24(31-4)22(13-17)30-3;/h5-9,12-13,19-20,27H,10-11,14-16H2,1-4H3;1H/t19-,20+;/m0./s1. The number of halogens is 1. The summed E-state index contributed by atoms with van der Waals surface area (Å²) in [6.07, 6.45) is 0.681. The van der Waals surface area contributed by atoms with Gasteiger partial charge in [0.25, 0.3) is 0 Å². The topological polar surface area (TPSA) is 71.5 Å². The summed E-state index contributed by atoms with van der Waals surface area (Å²) in [5, 5.41) is 9.91. The molecule has 2 aromatic carbocycles. The maximum Gasteiger partial charge on any atom is 0.227 e. The first kappa shape index (κ1) is 25.8. The highest BCUT2D eigenvalue weighted by Gasteiger charge is 2.28. The Balaban J connectivity index is 0.00000363. The van der Waals surface area contributed by atoms with Crippen LogP contribution < -0.4 is 14.2 Å². The van der Waals surface area contributed by atoms with E-state index in [0.29, 0.717) is 30.3 Å². The van der Waals surface area contributed by atoms with Gasteiger partial charge in [-0.2, -0.15) is 0 Å². The van der Waals surface area contributed by atoms with Crippen LogP contribution in [-0.2, 0) is 11.2 Å². The number of β-amino-alcohol motifs (C(OH)–C–C–N with tert-alkyl or cyclic N) is 1. The Morgan fingerprint density at radius 2 is 1.75 bits per heavy atom. The third-order valence-corrected chi connectivity index (χ3v) is 5.80. The number of hydrogen-bond donors (Lipinski definition) is 1. The van der Waals surface area contributed by atoms with Crippen LogP contribution in [0.15, 0.2) is 42.5 Å². The number of likely N-dealkylation sites (N-methyl/N-ethyl adjacent to an activating group) is 1. The molecule has 1 aliphatic heterocycles. The highest BCUT2D eigenvalue weighted by atomic mass is 35.5. The summed E-state index contributed by atoms with van der Waals surface area (Å²) in [6, 6.07) is 13.5. The largest absolute Gasteiger partial charge is 0.493 e. The van der Waals surface area contributed by atoms with Crippen molar-refractivity contribution in [1.82, 2.24) is 9.80 Å². The van der Waals surface area contributed by atoms with Gasteiger partial charge >= 0.3 is 0 Å². The average Bonchev–Trinajstić information content (AvgIpc) is 3.21. The van der Waals surface area contributed by atoms with Crippen molar-refractivity contribution >= 4 is 18.3 Å². The normalized spacial score (nSPS) is 16.7. The number of likely N-dealkylation sites (tertiary alicyclic amines) is 1. The summed E-state index contributed by atoms with van der Waals surface area (Å²) in [5.41, 5.74) is 1.86. The van der Waals surface area contributed by atoms with E-state index in [-0.39, 0.29) is 36.9 Å². The fourth-order valence-corrected chi connectivity index (χ4v) is 4.06. The summed E-state index contributed by atoms with van der Waals surface area (Å²) in [5.74, 6) is 1.54. The van der Waals surface area contributed by atoms with Gasteiger partial charge in [0.15, 0.2) is 11.5 Å². The zero-order chi connectivity index (χ0) is 22.4. The number of amides is 1. The molecule has 3 rings (SSSR count). The number of aliphatic hydroxyl groups is 1. The summed E-state index contributed by atoms with van der Waals surface area (Å²) in [4.78, 5) is 17.3. The molecule has 32 heavy (non-hydrogen) atoms. The fourth-order valence-electron chi connectivity index (χ4n) is 4.06. The van der Waals surface area contributed by atoms with Gasteiger partial charge in [0.05, 0.1) is 39.9 Å². The summed E-state index contributed by atoms with van der Waals surface area (Å²) >= 11 is 0. The van der Waals surface area contributed by atoms with E-state index < -0.39 is 0 Å². The lowest BCUT2D eigenvalue weighted by atomic mass is 10.0. The smallest absolute Gasteiger partial charge is 0.227 e. The second-order valence-electron chi connectivity index (χ2n) is 7.84. The Kier molecular flexibility index (Phi) is 9.62. The van der Waals surface area contributed by atoms with Crippen LogP contribution in [0.4, 0.5) is 0 Å². The van der Waals surface area contributed by atoms with E-state index in [0.717, 1.165) is 24.1 Å². The van der Waals surface area contributed by atoms with Gasteiger partial charge < -0.3 is 24.2 Å². The fraction of sp³-hybridized carbons (Fsp3) is 0.458. The van der Waals surface area contributed by atoms with Crippen LogP contribution in [0.1, 0.15) is 23.6 Å². The quantitative estimate of drug-likeness (QED) is 0.615. The van der Waals surface area contributed by atoms with Gasteiger partial charge in [-0.15, -0.1) is 12.4 Å². The van der Waals surface area contributed by atoms with E-state index >= 15 is 0 Å². The lowest BCUT2D eigenvalue weighted by molar-refractivity contribution is -0.131. The van der Waals surface area contributed by atoms with Crippen LogP contribution in [0.25, 0.3) is 0 Å². The molecule has 1 heterocycles. The molecule has 0 unspecified atom stereocenters. The molecule has 7 nitrogen and oxygen atoms in total. The Hall–Kier alpha value is -2.48. The molecule has 8 heteroatoms. The van der Waals surface area contributed by atoms with Gasteiger partial charge in [-0.25, -0.2) is 0 Å². The van der Waals surface area contributed by atoms with E-state index in [4.69, 9.17) is 14.2 Å². The van der Waals surface area contributed by atoms with Crippen LogP contribution in [0.2, 0.25) is 0 Å². The second kappa shape index (κ2) is 11.9. The second-order valence-corrected chi connectivity index (χ2v) is 7.84. The van der Waals surface area contributed by atoms with Gasteiger partial charge in [-0.05, 0) is 29.7 Å². The van der Waals surface area contributed by atoms with E-state index in [1.807, 2.05) is 37.4 Å². The van der Waals surface area contributed by atoms with Gasteiger partial charge in [-0.1, -0.05) is 30.3 Å². The van der Waals surface area contributed by atoms with Crippen LogP contribution >= 0.6 is 12.4 Å². The molecule has 0 saturated carbocycles. The van der Waals surface area contributed by atoms with Crippen molar-refractivity contribution in [3.05, 3.63) is 53.6 Å². The maximum absolute atomic E-state index is 13.3. The van der Waals surface area contributed by atoms with Crippen molar-refractivity contribution in [3.8, 4) is 17.2 Å². The number of rotatable bonds is 9. The van der Waals surface area contributed by atoms with Crippen LogP contribution in [0.3, 0.4) is 0 Å². The summed E-state index contributed by atoms with van der Waals surface area (Å²) in [6.45, 7) is 2.15. The van der Waals surface area contributed by atoms with E-state index in [9.17, 15) is 9.90 Å². The molecule has 2 aromatic rings. The predicted molar refractivity (Wildman–Crippen MR) is 126 cm³/mol. The average molecular weight is 465 g/mol. The van der Waals surface area contributed by atoms with Crippen LogP contribution in [0.5, 0.6) is 17.2 Å². The number of methoxy groups -OCH3 is 3. The van der Waals surface area contributed by atoms with E-state index in [1.54, 1.807) is 38.4 Å². The van der Waals surface area contributed by atoms with Crippen molar-refractivity contribution in [2.24, 2.45) is 0 Å². The lowest BCUT2D eigenvalue weighted by Gasteiger charge is -2.32. The van der Waals surface area contributed by atoms with Gasteiger partial charge in [0, 0.05) is 26.7 Å². The molecule has 0 aliphatic carbocycles. The molecule has 0 spiro atoms. The van der Waals surface area contributed by atoms with Crippen molar-refractivity contribution in [3.63, 3.8) is 0 Å². The van der Waals surface area contributed by atoms with Crippen molar-refractivity contribution < 1.29 is 24.1 Å². The highest BCUT2D eigenvalue weighted by Crippen LogP contribution is 2.38.